The van der Waals surface area contributed by atoms with E-state index in [1.165, 1.54) is 29.2 Å². The van der Waals surface area contributed by atoms with Crippen LogP contribution in [0.5, 0.6) is 0 Å². The Labute approximate surface area is 156 Å². The van der Waals surface area contributed by atoms with Crippen molar-refractivity contribution >= 4 is 16.1 Å². The number of urea groups is 1. The molecule has 1 heterocycles. The molecule has 0 aliphatic carbocycles. The predicted molar refractivity (Wildman–Crippen MR) is 95.4 cm³/mol. The van der Waals surface area contributed by atoms with Crippen molar-refractivity contribution in [2.45, 2.75) is 11.4 Å². The first kappa shape index (κ1) is 19.2. The largest absolute Gasteiger partial charge is 0.334 e. The van der Waals surface area contributed by atoms with E-state index in [0.29, 0.717) is 5.56 Å². The van der Waals surface area contributed by atoms with Gasteiger partial charge in [0.15, 0.2) is 0 Å². The molecule has 9 heteroatoms. The number of nitrogens with one attached hydrogen (secondary N) is 1. The summed E-state index contributed by atoms with van der Waals surface area (Å²) in [7, 11) is -3.95. The average molecular weight is 395 g/mol. The van der Waals surface area contributed by atoms with E-state index in [1.54, 1.807) is 18.2 Å². The van der Waals surface area contributed by atoms with Crippen LogP contribution < -0.4 is 5.32 Å². The van der Waals surface area contributed by atoms with E-state index in [1.807, 2.05) is 0 Å². The number of carbonyl (C=O) groups is 1. The fourth-order valence-electron chi connectivity index (χ4n) is 2.85. The third-order valence-electron chi connectivity index (χ3n) is 4.37. The van der Waals surface area contributed by atoms with Gasteiger partial charge in [-0.2, -0.15) is 4.31 Å². The van der Waals surface area contributed by atoms with Gasteiger partial charge >= 0.3 is 6.03 Å². The number of piperazine rings is 1. The van der Waals surface area contributed by atoms with E-state index < -0.39 is 27.7 Å². The first-order chi connectivity index (χ1) is 12.9. The van der Waals surface area contributed by atoms with Gasteiger partial charge in [0.2, 0.25) is 10.0 Å². The molecule has 6 nitrogen and oxygen atoms in total. The SMILES string of the molecule is O=C(NCc1ccccc1F)N1CCN(S(=O)(=O)c2ccccc2F)CC1. The summed E-state index contributed by atoms with van der Waals surface area (Å²) in [4.78, 5) is 13.3. The Hall–Kier alpha value is -2.52. The monoisotopic (exact) mass is 395 g/mol. The predicted octanol–water partition coefficient (Wildman–Crippen LogP) is 2.18. The summed E-state index contributed by atoms with van der Waals surface area (Å²) in [5.74, 6) is -1.21. The van der Waals surface area contributed by atoms with E-state index >= 15 is 0 Å². The van der Waals surface area contributed by atoms with Crippen molar-refractivity contribution in [3.63, 3.8) is 0 Å². The van der Waals surface area contributed by atoms with Crippen LogP contribution in [0.4, 0.5) is 13.6 Å². The molecule has 1 aliphatic heterocycles. The van der Waals surface area contributed by atoms with Crippen molar-refractivity contribution in [3.05, 3.63) is 65.7 Å². The first-order valence-electron chi connectivity index (χ1n) is 8.40. The number of nitrogens with zero attached hydrogens (tertiary/aromatic N) is 2. The average Bonchev–Trinajstić information content (AvgIpc) is 2.67. The number of carbonyl (C=O) groups excluding carboxylic acids is 1. The van der Waals surface area contributed by atoms with Crippen molar-refractivity contribution in [2.24, 2.45) is 0 Å². The molecule has 0 bridgehead atoms. The zero-order chi connectivity index (χ0) is 19.4. The van der Waals surface area contributed by atoms with Crippen molar-refractivity contribution in [1.82, 2.24) is 14.5 Å². The number of rotatable bonds is 4. The van der Waals surface area contributed by atoms with Crippen LogP contribution in [0.2, 0.25) is 0 Å². The van der Waals surface area contributed by atoms with Gasteiger partial charge in [0.25, 0.3) is 0 Å². The molecular formula is C18H19F2N3O3S. The van der Waals surface area contributed by atoms with Gasteiger partial charge in [-0.25, -0.2) is 22.0 Å². The van der Waals surface area contributed by atoms with Gasteiger partial charge < -0.3 is 10.2 Å². The van der Waals surface area contributed by atoms with Crippen LogP contribution in [0.15, 0.2) is 53.4 Å². The highest BCUT2D eigenvalue weighted by molar-refractivity contribution is 7.89. The second-order valence-electron chi connectivity index (χ2n) is 6.07. The quantitative estimate of drug-likeness (QED) is 0.863. The van der Waals surface area contributed by atoms with Gasteiger partial charge in [0.1, 0.15) is 16.5 Å². The molecule has 0 unspecified atom stereocenters. The van der Waals surface area contributed by atoms with Crippen LogP contribution in [-0.2, 0) is 16.6 Å². The second-order valence-corrected chi connectivity index (χ2v) is 7.98. The molecule has 0 spiro atoms. The molecule has 0 atom stereocenters. The molecule has 1 N–H and O–H groups in total. The van der Waals surface area contributed by atoms with Gasteiger partial charge in [0, 0.05) is 38.3 Å². The van der Waals surface area contributed by atoms with E-state index in [-0.39, 0.29) is 37.6 Å². The highest BCUT2D eigenvalue weighted by Crippen LogP contribution is 2.20. The minimum Gasteiger partial charge on any atom is -0.334 e. The van der Waals surface area contributed by atoms with E-state index in [4.69, 9.17) is 0 Å². The molecule has 1 aliphatic rings. The molecular weight excluding hydrogens is 376 g/mol. The zero-order valence-corrected chi connectivity index (χ0v) is 15.3. The summed E-state index contributed by atoms with van der Waals surface area (Å²) in [5, 5.41) is 2.62. The molecule has 144 valence electrons. The highest BCUT2D eigenvalue weighted by Gasteiger charge is 2.31. The maximum Gasteiger partial charge on any atom is 0.317 e. The Balaban J connectivity index is 1.58. The summed E-state index contributed by atoms with van der Waals surface area (Å²) in [6.45, 7) is 0.487. The summed E-state index contributed by atoms with van der Waals surface area (Å²) in [6.07, 6.45) is 0. The Morgan fingerprint density at radius 1 is 0.926 bits per heavy atom. The Bertz CT molecular complexity index is 929. The molecule has 3 rings (SSSR count). The highest BCUT2D eigenvalue weighted by atomic mass is 32.2. The van der Waals surface area contributed by atoms with Gasteiger partial charge in [-0.3, -0.25) is 0 Å². The summed E-state index contributed by atoms with van der Waals surface area (Å²) < 4.78 is 53.7. The summed E-state index contributed by atoms with van der Waals surface area (Å²) in [6, 6.07) is 10.9. The van der Waals surface area contributed by atoms with E-state index in [9.17, 15) is 22.0 Å². The topological polar surface area (TPSA) is 69.7 Å². The number of benzene rings is 2. The molecule has 2 amide bonds. The maximum absolute atomic E-state index is 13.8. The molecule has 1 fully saturated rings. The van der Waals surface area contributed by atoms with Gasteiger partial charge in [-0.15, -0.1) is 0 Å². The number of hydrogen-bond donors (Lipinski definition) is 1. The standard InChI is InChI=1S/C18H19F2N3O3S/c19-15-6-2-1-5-14(15)13-21-18(24)22-9-11-23(12-10-22)27(25,26)17-8-4-3-7-16(17)20/h1-8H,9-13H2,(H,21,24). The lowest BCUT2D eigenvalue weighted by Gasteiger charge is -2.34. The van der Waals surface area contributed by atoms with Gasteiger partial charge in [0.05, 0.1) is 0 Å². The van der Waals surface area contributed by atoms with Crippen LogP contribution in [0.25, 0.3) is 0 Å². The molecule has 1 saturated heterocycles. The van der Waals surface area contributed by atoms with E-state index in [2.05, 4.69) is 5.32 Å². The lowest BCUT2D eigenvalue weighted by molar-refractivity contribution is 0.171. The van der Waals surface area contributed by atoms with E-state index in [0.717, 1.165) is 10.4 Å². The number of sulfonamides is 1. The number of amides is 2. The van der Waals surface area contributed by atoms with Crippen molar-refractivity contribution in [2.75, 3.05) is 26.2 Å². The Morgan fingerprint density at radius 3 is 2.15 bits per heavy atom. The van der Waals surface area contributed by atoms with Crippen LogP contribution in [0.1, 0.15) is 5.56 Å². The Morgan fingerprint density at radius 2 is 1.52 bits per heavy atom. The number of hydrogen-bond acceptors (Lipinski definition) is 3. The minimum absolute atomic E-state index is 0.0409. The van der Waals surface area contributed by atoms with Gasteiger partial charge in [-0.05, 0) is 18.2 Å². The number of halogens is 2. The maximum atomic E-state index is 13.8. The third-order valence-corrected chi connectivity index (χ3v) is 6.30. The van der Waals surface area contributed by atoms with Crippen LogP contribution in [0.3, 0.4) is 0 Å². The molecule has 2 aromatic rings. The zero-order valence-electron chi connectivity index (χ0n) is 14.4. The normalized spacial score (nSPS) is 15.6. The molecule has 27 heavy (non-hydrogen) atoms. The van der Waals surface area contributed by atoms with Crippen LogP contribution >= 0.6 is 0 Å². The molecule has 2 aromatic carbocycles. The molecule has 0 radical (unpaired) electrons. The van der Waals surface area contributed by atoms with Crippen molar-refractivity contribution in [1.29, 1.82) is 0 Å². The summed E-state index contributed by atoms with van der Waals surface area (Å²) in [5.41, 5.74) is 0.367. The fraction of sp³-hybridized carbons (Fsp3) is 0.278. The van der Waals surface area contributed by atoms with Crippen molar-refractivity contribution < 1.29 is 22.0 Å². The Kier molecular flexibility index (Phi) is 5.71. The van der Waals surface area contributed by atoms with Crippen molar-refractivity contribution in [3.8, 4) is 0 Å². The fourth-order valence-corrected chi connectivity index (χ4v) is 4.34. The van der Waals surface area contributed by atoms with Gasteiger partial charge in [-0.1, -0.05) is 30.3 Å². The second kappa shape index (κ2) is 8.01. The first-order valence-corrected chi connectivity index (χ1v) is 9.84. The lowest BCUT2D eigenvalue weighted by atomic mass is 10.2. The molecule has 0 saturated carbocycles. The third kappa shape index (κ3) is 4.25. The summed E-state index contributed by atoms with van der Waals surface area (Å²) >= 11 is 0. The van der Waals surface area contributed by atoms with Crippen LogP contribution in [0, 0.1) is 11.6 Å². The smallest absolute Gasteiger partial charge is 0.317 e. The minimum atomic E-state index is -3.95. The lowest BCUT2D eigenvalue weighted by Crippen LogP contribution is -2.53. The van der Waals surface area contributed by atoms with Crippen LogP contribution in [-0.4, -0.2) is 49.8 Å². The molecule has 0 aromatic heterocycles.